The van der Waals surface area contributed by atoms with E-state index in [-0.39, 0.29) is 18.2 Å². The van der Waals surface area contributed by atoms with Gasteiger partial charge in [-0.3, -0.25) is 9.59 Å². The minimum atomic E-state index is 0.0178. The van der Waals surface area contributed by atoms with Gasteiger partial charge in [-0.25, -0.2) is 0 Å². The van der Waals surface area contributed by atoms with Crippen molar-refractivity contribution < 1.29 is 9.59 Å². The summed E-state index contributed by atoms with van der Waals surface area (Å²) in [6.07, 6.45) is 8.08. The van der Waals surface area contributed by atoms with Crippen molar-refractivity contribution in [1.82, 2.24) is 5.32 Å². The van der Waals surface area contributed by atoms with Crippen molar-refractivity contribution in [3.8, 4) is 0 Å². The first kappa shape index (κ1) is 12.2. The second-order valence-corrected chi connectivity index (χ2v) is 4.54. The first-order valence-electron chi connectivity index (χ1n) is 5.94. The highest BCUT2D eigenvalue weighted by atomic mass is 16.2. The molecule has 1 rings (SSSR count). The molecule has 15 heavy (non-hydrogen) atoms. The monoisotopic (exact) mass is 211 g/mol. The van der Waals surface area contributed by atoms with Crippen LogP contribution in [0.2, 0.25) is 0 Å². The zero-order valence-electron chi connectivity index (χ0n) is 9.55. The van der Waals surface area contributed by atoms with Crippen LogP contribution in [0.25, 0.3) is 0 Å². The molecule has 0 aliphatic heterocycles. The molecule has 3 nitrogen and oxygen atoms in total. The lowest BCUT2D eigenvalue weighted by Gasteiger charge is -2.12. The molecule has 86 valence electrons. The van der Waals surface area contributed by atoms with Gasteiger partial charge in [-0.1, -0.05) is 25.7 Å². The van der Waals surface area contributed by atoms with Crippen LogP contribution in [-0.2, 0) is 9.59 Å². The topological polar surface area (TPSA) is 46.2 Å². The van der Waals surface area contributed by atoms with E-state index >= 15 is 0 Å². The molecular formula is C12H21NO2. The van der Waals surface area contributed by atoms with E-state index < -0.39 is 0 Å². The lowest BCUT2D eigenvalue weighted by molar-refractivity contribution is -0.125. The summed E-state index contributed by atoms with van der Waals surface area (Å²) >= 11 is 0. The summed E-state index contributed by atoms with van der Waals surface area (Å²) in [5, 5.41) is 2.66. The molecule has 0 heterocycles. The standard InChI is InChI=1S/C12H21NO2/c1-10(14)9-13-12(15)8-11-6-4-2-3-5-7-11/h11H,2-9H2,1H3,(H,13,15). The Labute approximate surface area is 91.6 Å². The quantitative estimate of drug-likeness (QED) is 0.723. The lowest BCUT2D eigenvalue weighted by Crippen LogP contribution is -2.29. The second kappa shape index (κ2) is 6.59. The molecular weight excluding hydrogens is 190 g/mol. The third-order valence-corrected chi connectivity index (χ3v) is 2.98. The van der Waals surface area contributed by atoms with Crippen LogP contribution < -0.4 is 5.32 Å². The summed E-state index contributed by atoms with van der Waals surface area (Å²) in [4.78, 5) is 22.1. The molecule has 1 saturated carbocycles. The number of Topliss-reactive ketones (excluding diaryl/α,β-unsaturated/α-hetero) is 1. The van der Waals surface area contributed by atoms with Crippen molar-refractivity contribution in [3.05, 3.63) is 0 Å². The zero-order valence-corrected chi connectivity index (χ0v) is 9.55. The summed E-state index contributed by atoms with van der Waals surface area (Å²) in [6, 6.07) is 0. The van der Waals surface area contributed by atoms with Crippen molar-refractivity contribution in [2.24, 2.45) is 5.92 Å². The minimum Gasteiger partial charge on any atom is -0.349 e. The maximum absolute atomic E-state index is 11.5. The molecule has 0 bridgehead atoms. The SMILES string of the molecule is CC(=O)CNC(=O)CC1CCCCCC1. The molecule has 0 aromatic carbocycles. The van der Waals surface area contributed by atoms with Gasteiger partial charge in [0.1, 0.15) is 5.78 Å². The Kier molecular flexibility index (Phi) is 5.37. The van der Waals surface area contributed by atoms with Gasteiger partial charge >= 0.3 is 0 Å². The Morgan fingerprint density at radius 1 is 1.13 bits per heavy atom. The fraction of sp³-hybridized carbons (Fsp3) is 0.833. The fourth-order valence-electron chi connectivity index (χ4n) is 2.13. The lowest BCUT2D eigenvalue weighted by atomic mass is 9.96. The molecule has 0 saturated heterocycles. The van der Waals surface area contributed by atoms with Gasteiger partial charge in [0.05, 0.1) is 6.54 Å². The Hall–Kier alpha value is -0.860. The number of rotatable bonds is 4. The second-order valence-electron chi connectivity index (χ2n) is 4.54. The number of ketones is 1. The smallest absolute Gasteiger partial charge is 0.220 e. The summed E-state index contributed by atoms with van der Waals surface area (Å²) in [5.74, 6) is 0.598. The van der Waals surface area contributed by atoms with Crippen LogP contribution in [-0.4, -0.2) is 18.2 Å². The highest BCUT2D eigenvalue weighted by Gasteiger charge is 2.15. The number of hydrogen-bond donors (Lipinski definition) is 1. The minimum absolute atomic E-state index is 0.0178. The highest BCUT2D eigenvalue weighted by molar-refractivity contribution is 5.84. The van der Waals surface area contributed by atoms with E-state index in [0.29, 0.717) is 12.3 Å². The van der Waals surface area contributed by atoms with Crippen LogP contribution in [0.4, 0.5) is 0 Å². The van der Waals surface area contributed by atoms with Crippen molar-refractivity contribution >= 4 is 11.7 Å². The molecule has 1 amide bonds. The van der Waals surface area contributed by atoms with Crippen LogP contribution in [0.1, 0.15) is 51.9 Å². The van der Waals surface area contributed by atoms with Crippen LogP contribution in [0, 0.1) is 5.92 Å². The first-order valence-corrected chi connectivity index (χ1v) is 5.94. The van der Waals surface area contributed by atoms with E-state index in [1.54, 1.807) is 0 Å². The number of amides is 1. The van der Waals surface area contributed by atoms with Crippen LogP contribution >= 0.6 is 0 Å². The predicted molar refractivity (Wildman–Crippen MR) is 59.5 cm³/mol. The molecule has 1 fully saturated rings. The summed E-state index contributed by atoms with van der Waals surface area (Å²) in [6.45, 7) is 1.68. The molecule has 0 spiro atoms. The molecule has 1 aliphatic carbocycles. The van der Waals surface area contributed by atoms with Gasteiger partial charge in [-0.05, 0) is 25.7 Å². The average Bonchev–Trinajstić information content (AvgIpc) is 2.43. The van der Waals surface area contributed by atoms with Crippen LogP contribution in [0.5, 0.6) is 0 Å². The normalized spacial score (nSPS) is 18.2. The largest absolute Gasteiger partial charge is 0.349 e. The van der Waals surface area contributed by atoms with Crippen molar-refractivity contribution in [3.63, 3.8) is 0 Å². The van der Waals surface area contributed by atoms with Crippen molar-refractivity contribution in [2.45, 2.75) is 51.9 Å². The summed E-state index contributed by atoms with van der Waals surface area (Å²) in [7, 11) is 0. The Bertz CT molecular complexity index is 218. The number of carbonyl (C=O) groups excluding carboxylic acids is 2. The number of carbonyl (C=O) groups is 2. The van der Waals surface area contributed by atoms with Gasteiger partial charge < -0.3 is 5.32 Å². The fourth-order valence-corrected chi connectivity index (χ4v) is 2.13. The maximum atomic E-state index is 11.5. The van der Waals surface area contributed by atoms with Crippen LogP contribution in [0.3, 0.4) is 0 Å². The number of hydrogen-bond acceptors (Lipinski definition) is 2. The van der Waals surface area contributed by atoms with E-state index in [1.807, 2.05) is 0 Å². The Morgan fingerprint density at radius 2 is 1.73 bits per heavy atom. The van der Waals surface area contributed by atoms with Gasteiger partial charge in [-0.2, -0.15) is 0 Å². The molecule has 3 heteroatoms. The summed E-state index contributed by atoms with van der Waals surface area (Å²) in [5.41, 5.74) is 0. The molecule has 0 aromatic heterocycles. The van der Waals surface area contributed by atoms with Gasteiger partial charge in [0.2, 0.25) is 5.91 Å². The molecule has 0 unspecified atom stereocenters. The van der Waals surface area contributed by atoms with E-state index in [1.165, 1.54) is 45.4 Å². The molecule has 1 aliphatic rings. The van der Waals surface area contributed by atoms with Gasteiger partial charge in [0, 0.05) is 6.42 Å². The third-order valence-electron chi connectivity index (χ3n) is 2.98. The summed E-state index contributed by atoms with van der Waals surface area (Å²) < 4.78 is 0. The van der Waals surface area contributed by atoms with Gasteiger partial charge in [0.25, 0.3) is 0 Å². The average molecular weight is 211 g/mol. The number of nitrogens with one attached hydrogen (secondary N) is 1. The molecule has 0 radical (unpaired) electrons. The molecule has 0 atom stereocenters. The Morgan fingerprint density at radius 3 is 2.27 bits per heavy atom. The third kappa shape index (κ3) is 5.55. The zero-order chi connectivity index (χ0) is 11.1. The Balaban J connectivity index is 2.20. The van der Waals surface area contributed by atoms with Crippen molar-refractivity contribution in [2.75, 3.05) is 6.54 Å². The van der Waals surface area contributed by atoms with Gasteiger partial charge in [0.15, 0.2) is 0 Å². The van der Waals surface area contributed by atoms with Gasteiger partial charge in [-0.15, -0.1) is 0 Å². The molecule has 0 aromatic rings. The predicted octanol–water partition coefficient (Wildman–Crippen LogP) is 2.05. The van der Waals surface area contributed by atoms with Crippen molar-refractivity contribution in [1.29, 1.82) is 0 Å². The van der Waals surface area contributed by atoms with E-state index in [0.717, 1.165) is 0 Å². The first-order chi connectivity index (χ1) is 7.18. The maximum Gasteiger partial charge on any atom is 0.220 e. The van der Waals surface area contributed by atoms with E-state index in [4.69, 9.17) is 0 Å². The van der Waals surface area contributed by atoms with Crippen LogP contribution in [0.15, 0.2) is 0 Å². The van der Waals surface area contributed by atoms with E-state index in [2.05, 4.69) is 5.32 Å². The molecule has 1 N–H and O–H groups in total. The highest BCUT2D eigenvalue weighted by Crippen LogP contribution is 2.25. The van der Waals surface area contributed by atoms with E-state index in [9.17, 15) is 9.59 Å².